The highest BCUT2D eigenvalue weighted by Crippen LogP contribution is 2.43. The molecule has 3 aliphatic heterocycles. The first-order valence-corrected chi connectivity index (χ1v) is 20.6. The van der Waals surface area contributed by atoms with Crippen LogP contribution in [0.5, 0.6) is 0 Å². The van der Waals surface area contributed by atoms with Crippen molar-refractivity contribution in [1.82, 2.24) is 24.8 Å². The van der Waals surface area contributed by atoms with Crippen molar-refractivity contribution in [3.8, 4) is 11.3 Å². The Hall–Kier alpha value is -4.03. The molecule has 4 heterocycles. The zero-order valence-corrected chi connectivity index (χ0v) is 36.1. The van der Waals surface area contributed by atoms with E-state index in [-0.39, 0.29) is 37.7 Å². The van der Waals surface area contributed by atoms with Crippen molar-refractivity contribution in [2.75, 3.05) is 33.5 Å². The van der Waals surface area contributed by atoms with Crippen molar-refractivity contribution in [2.45, 2.75) is 153 Å². The number of carbonyl (C=O) groups excluding carboxylic acids is 4. The Morgan fingerprint density at radius 3 is 2.41 bits per heavy atom. The summed E-state index contributed by atoms with van der Waals surface area (Å²) in [6.07, 6.45) is -3.34. The number of halogens is 1. The average Bonchev–Trinajstić information content (AvgIpc) is 3.76. The summed E-state index contributed by atoms with van der Waals surface area (Å²) in [5, 5.41) is 19.8. The number of amides is 1. The fraction of sp³-hybridized carbons (Fsp3) is 0.714. The molecule has 1 aromatic heterocycles. The zero-order chi connectivity index (χ0) is 43.6. The van der Waals surface area contributed by atoms with E-state index in [2.05, 4.69) is 10.3 Å². The van der Waals surface area contributed by atoms with E-state index in [1.807, 2.05) is 29.3 Å². The molecule has 0 unspecified atom stereocenters. The molecular weight excluding hydrogens is 767 g/mol. The number of nitrogens with two attached hydrogens (primary N) is 1. The molecule has 59 heavy (non-hydrogen) atoms. The summed E-state index contributed by atoms with van der Waals surface area (Å²) >= 11 is 0. The molecule has 0 bridgehead atoms. The lowest BCUT2D eigenvalue weighted by molar-refractivity contribution is -0.270. The number of methoxy groups -OCH3 is 1. The van der Waals surface area contributed by atoms with E-state index in [0.717, 1.165) is 12.5 Å². The van der Waals surface area contributed by atoms with E-state index in [0.29, 0.717) is 37.2 Å². The Bertz CT molecular complexity index is 1830. The smallest absolute Gasteiger partial charge is 0.410 e. The van der Waals surface area contributed by atoms with Crippen LogP contribution >= 0.6 is 0 Å². The van der Waals surface area contributed by atoms with Gasteiger partial charge in [-0.1, -0.05) is 38.1 Å². The van der Waals surface area contributed by atoms with Crippen LogP contribution < -0.4 is 5.73 Å². The average molecular weight is 831 g/mol. The third-order valence-corrected chi connectivity index (χ3v) is 12.5. The van der Waals surface area contributed by atoms with Crippen molar-refractivity contribution in [1.29, 1.82) is 0 Å². The molecule has 17 heteroatoms. The number of carbonyl (C=O) groups is 4. The Morgan fingerprint density at radius 2 is 1.76 bits per heavy atom. The number of fused-ring (bicyclic) bond motifs is 1. The number of ether oxygens (including phenoxy) is 5. The van der Waals surface area contributed by atoms with E-state index in [4.69, 9.17) is 29.4 Å². The van der Waals surface area contributed by atoms with Gasteiger partial charge in [-0.05, 0) is 86.0 Å². The second kappa shape index (κ2) is 18.3. The van der Waals surface area contributed by atoms with E-state index >= 15 is 4.39 Å². The Kier molecular flexibility index (Phi) is 14.3. The molecule has 3 fully saturated rings. The molecule has 12 atom stereocenters. The fourth-order valence-electron chi connectivity index (χ4n) is 9.04. The lowest BCUT2D eigenvalue weighted by atomic mass is 9.74. The number of rotatable bonds is 11. The highest BCUT2D eigenvalue weighted by Gasteiger charge is 2.61. The van der Waals surface area contributed by atoms with Gasteiger partial charge in [0.1, 0.15) is 29.8 Å². The first-order valence-electron chi connectivity index (χ1n) is 20.6. The van der Waals surface area contributed by atoms with Crippen molar-refractivity contribution < 1.29 is 52.4 Å². The monoisotopic (exact) mass is 830 g/mol. The molecule has 1 aromatic carbocycles. The summed E-state index contributed by atoms with van der Waals surface area (Å²) in [4.78, 5) is 59.8. The highest BCUT2D eigenvalue weighted by molar-refractivity contribution is 6.08. The standard InChI is InChI=1S/C42H63FN6O10/c1-11-32-42(7)35(49(39(54)59-42)18-13-12-17-48-23-29(45-46-48)27-15-14-16-28(44)20-27)26(4)33(50)24(2)21-40(5,55-10)22-31(36(52)41(6,43)38(53)58-32)57-37-34(51)30(47(8)9)19-25(3)56-37/h14-16,20,23-26,30-32,34-35,37,51H,11-13,17-19,21-22,44H2,1-10H3/t24-,25-,26+,30+,31-,32-,34-,35-,37+,40-,41+,42-/m1/s1. The number of nitrogen functional groups attached to an aromatic ring is 1. The largest absolute Gasteiger partial charge is 0.455 e. The number of aryl methyl sites for hydroxylation is 1. The second-order valence-electron chi connectivity index (χ2n) is 17.4. The van der Waals surface area contributed by atoms with Crippen LogP contribution in [-0.4, -0.2) is 141 Å². The first-order chi connectivity index (χ1) is 27.6. The van der Waals surface area contributed by atoms with Gasteiger partial charge in [-0.25, -0.2) is 14.0 Å². The molecule has 3 N–H and O–H groups in total. The van der Waals surface area contributed by atoms with Gasteiger partial charge in [-0.2, -0.15) is 0 Å². The van der Waals surface area contributed by atoms with Gasteiger partial charge in [-0.15, -0.1) is 5.10 Å². The maximum absolute atomic E-state index is 16.9. The van der Waals surface area contributed by atoms with Crippen LogP contribution in [0, 0.1) is 11.8 Å². The number of anilines is 1. The number of unbranched alkanes of at least 4 members (excludes halogenated alkanes) is 1. The quantitative estimate of drug-likeness (QED) is 0.140. The number of Topliss-reactive ketones (excluding diaryl/α,β-unsaturated/α-hetero) is 2. The maximum Gasteiger partial charge on any atom is 0.410 e. The van der Waals surface area contributed by atoms with Crippen LogP contribution in [-0.2, 0) is 44.6 Å². The van der Waals surface area contributed by atoms with Gasteiger partial charge in [0, 0.05) is 55.7 Å². The number of nitrogens with zero attached hydrogens (tertiary/aromatic N) is 5. The number of likely N-dealkylation sites (N-methyl/N-ethyl adjacent to an activating group) is 1. The van der Waals surface area contributed by atoms with Gasteiger partial charge < -0.3 is 44.3 Å². The molecule has 5 rings (SSSR count). The molecule has 2 aromatic rings. The van der Waals surface area contributed by atoms with E-state index in [1.165, 1.54) is 12.0 Å². The third-order valence-electron chi connectivity index (χ3n) is 12.5. The number of aromatic nitrogens is 3. The molecule has 328 valence electrons. The van der Waals surface area contributed by atoms with Gasteiger partial charge in [0.15, 0.2) is 11.9 Å². The highest BCUT2D eigenvalue weighted by atomic mass is 19.1. The predicted molar refractivity (Wildman–Crippen MR) is 214 cm³/mol. The minimum absolute atomic E-state index is 0.0654. The number of alkyl halides is 1. The van der Waals surface area contributed by atoms with Gasteiger partial charge in [0.25, 0.3) is 5.67 Å². The van der Waals surface area contributed by atoms with Gasteiger partial charge in [-0.3, -0.25) is 14.3 Å². The fourth-order valence-corrected chi connectivity index (χ4v) is 9.04. The Morgan fingerprint density at radius 1 is 1.07 bits per heavy atom. The predicted octanol–water partition coefficient (Wildman–Crippen LogP) is 4.36. The SMILES string of the molecule is CC[C@H]1OC(=O)[C@@](C)(F)C(=O)[C@H](O[C@@H]2O[C@H](C)C[C@H](N(C)C)[C@H]2O)C[C@](C)(OC)C[C@@H](C)C(=O)[C@H](C)[C@H]2N(CCCCn3cc(-c4cccc(N)c4)nn3)C(=O)O[C@]12C. The van der Waals surface area contributed by atoms with Crippen LogP contribution in [0.15, 0.2) is 30.5 Å². The second-order valence-corrected chi connectivity index (χ2v) is 17.4. The molecule has 0 saturated carbocycles. The van der Waals surface area contributed by atoms with Crippen LogP contribution in [0.2, 0.25) is 0 Å². The molecule has 3 saturated heterocycles. The summed E-state index contributed by atoms with van der Waals surface area (Å²) in [6, 6.07) is 6.01. The Balaban J connectivity index is 1.42. The van der Waals surface area contributed by atoms with Crippen LogP contribution in [0.1, 0.15) is 87.0 Å². The molecule has 0 aliphatic carbocycles. The maximum atomic E-state index is 16.9. The van der Waals surface area contributed by atoms with Gasteiger partial charge >= 0.3 is 12.1 Å². The summed E-state index contributed by atoms with van der Waals surface area (Å²) in [7, 11) is 5.00. The summed E-state index contributed by atoms with van der Waals surface area (Å²) in [5.74, 6) is -4.51. The van der Waals surface area contributed by atoms with E-state index in [1.54, 1.807) is 66.4 Å². The number of cyclic esters (lactones) is 1. The summed E-state index contributed by atoms with van der Waals surface area (Å²) in [5.41, 5.74) is 1.91. The topological polar surface area (TPSA) is 198 Å². The number of hydrogen-bond donors (Lipinski definition) is 2. The number of ketones is 2. The molecule has 0 spiro atoms. The number of aliphatic hydroxyl groups is 1. The summed E-state index contributed by atoms with van der Waals surface area (Å²) < 4.78 is 48.5. The molecule has 16 nitrogen and oxygen atoms in total. The molecular formula is C42H63FN6O10. The Labute approximate surface area is 346 Å². The third kappa shape index (κ3) is 9.80. The molecule has 1 amide bonds. The van der Waals surface area contributed by atoms with Crippen molar-refractivity contribution in [3.05, 3.63) is 30.5 Å². The van der Waals surface area contributed by atoms with Gasteiger partial charge in [0.05, 0.1) is 23.9 Å². The normalized spacial score (nSPS) is 36.3. The van der Waals surface area contributed by atoms with Crippen molar-refractivity contribution in [2.24, 2.45) is 11.8 Å². The number of aliphatic hydroxyl groups excluding tert-OH is 1. The summed E-state index contributed by atoms with van der Waals surface area (Å²) in [6.45, 7) is 11.7. The number of esters is 1. The number of hydrogen-bond acceptors (Lipinski definition) is 14. The van der Waals surface area contributed by atoms with Gasteiger partial charge in [0.2, 0.25) is 5.78 Å². The van der Waals surface area contributed by atoms with E-state index in [9.17, 15) is 24.3 Å². The van der Waals surface area contributed by atoms with Crippen molar-refractivity contribution in [3.63, 3.8) is 0 Å². The lowest BCUT2D eigenvalue weighted by Crippen LogP contribution is -2.60. The van der Waals surface area contributed by atoms with Crippen LogP contribution in [0.4, 0.5) is 14.9 Å². The first kappa shape index (κ1) is 46.0. The lowest BCUT2D eigenvalue weighted by Gasteiger charge is -2.44. The van der Waals surface area contributed by atoms with Crippen molar-refractivity contribution >= 4 is 29.3 Å². The number of benzene rings is 1. The van der Waals surface area contributed by atoms with E-state index < -0.39 is 83.2 Å². The van der Waals surface area contributed by atoms with Crippen LogP contribution in [0.3, 0.4) is 0 Å². The molecule has 3 aliphatic rings. The minimum atomic E-state index is -3.25. The minimum Gasteiger partial charge on any atom is -0.455 e. The molecule has 0 radical (unpaired) electrons. The van der Waals surface area contributed by atoms with Crippen LogP contribution in [0.25, 0.3) is 11.3 Å². The zero-order valence-electron chi connectivity index (χ0n) is 36.1.